The van der Waals surface area contributed by atoms with Crippen LogP contribution in [0.25, 0.3) is 0 Å². The van der Waals surface area contributed by atoms with Gasteiger partial charge in [0.05, 0.1) is 22.6 Å². The first-order chi connectivity index (χ1) is 12.0. The first kappa shape index (κ1) is 20.2. The largest absolute Gasteiger partial charge is 0.495 e. The smallest absolute Gasteiger partial charge is 0.262 e. The SMILES string of the molecule is COc1ccc(S(=O)(=O)NC(C)C)cc1NS(=O)(=O)c1ccc(C)cc1. The Balaban J connectivity index is 2.45. The number of nitrogens with one attached hydrogen (secondary N) is 2. The summed E-state index contributed by atoms with van der Waals surface area (Å²) in [5, 5.41) is 0. The van der Waals surface area contributed by atoms with Gasteiger partial charge in [-0.25, -0.2) is 21.6 Å². The van der Waals surface area contributed by atoms with E-state index in [0.29, 0.717) is 0 Å². The first-order valence-corrected chi connectivity index (χ1v) is 10.8. The summed E-state index contributed by atoms with van der Waals surface area (Å²) < 4.78 is 59.9. The van der Waals surface area contributed by atoms with Gasteiger partial charge in [-0.15, -0.1) is 0 Å². The Labute approximate surface area is 154 Å². The molecule has 0 atom stereocenters. The average Bonchev–Trinajstić information content (AvgIpc) is 2.53. The van der Waals surface area contributed by atoms with Gasteiger partial charge in [-0.05, 0) is 51.1 Å². The molecule has 0 aliphatic rings. The Morgan fingerprint density at radius 2 is 1.46 bits per heavy atom. The molecular weight excluding hydrogens is 376 g/mol. The van der Waals surface area contributed by atoms with Gasteiger partial charge in [-0.2, -0.15) is 0 Å². The van der Waals surface area contributed by atoms with Gasteiger partial charge in [0.2, 0.25) is 10.0 Å². The van der Waals surface area contributed by atoms with E-state index < -0.39 is 20.0 Å². The van der Waals surface area contributed by atoms with E-state index in [2.05, 4.69) is 9.44 Å². The molecule has 0 unspecified atom stereocenters. The molecule has 2 rings (SSSR count). The highest BCUT2D eigenvalue weighted by Crippen LogP contribution is 2.29. The minimum absolute atomic E-state index is 0.0414. The normalized spacial score (nSPS) is 12.2. The summed E-state index contributed by atoms with van der Waals surface area (Å²) in [6.45, 7) is 5.24. The van der Waals surface area contributed by atoms with Crippen LogP contribution in [-0.4, -0.2) is 30.0 Å². The van der Waals surface area contributed by atoms with Crippen LogP contribution >= 0.6 is 0 Å². The van der Waals surface area contributed by atoms with Gasteiger partial charge in [-0.3, -0.25) is 4.72 Å². The van der Waals surface area contributed by atoms with Gasteiger partial charge in [-0.1, -0.05) is 17.7 Å². The summed E-state index contributed by atoms with van der Waals surface area (Å²) in [6.07, 6.45) is 0. The zero-order chi connectivity index (χ0) is 19.5. The van der Waals surface area contributed by atoms with E-state index in [-0.39, 0.29) is 27.3 Å². The zero-order valence-corrected chi connectivity index (χ0v) is 16.6. The highest BCUT2D eigenvalue weighted by atomic mass is 32.2. The highest BCUT2D eigenvalue weighted by Gasteiger charge is 2.21. The van der Waals surface area contributed by atoms with E-state index in [9.17, 15) is 16.8 Å². The second-order valence-electron chi connectivity index (χ2n) is 6.06. The molecule has 142 valence electrons. The second-order valence-corrected chi connectivity index (χ2v) is 9.45. The Bertz CT molecular complexity index is 982. The van der Waals surface area contributed by atoms with Gasteiger partial charge < -0.3 is 4.74 Å². The maximum atomic E-state index is 12.6. The third kappa shape index (κ3) is 4.75. The molecule has 9 heteroatoms. The molecule has 26 heavy (non-hydrogen) atoms. The van der Waals surface area contributed by atoms with Crippen LogP contribution in [-0.2, 0) is 20.0 Å². The van der Waals surface area contributed by atoms with Crippen molar-refractivity contribution in [1.29, 1.82) is 0 Å². The number of anilines is 1. The van der Waals surface area contributed by atoms with Gasteiger partial charge in [0.1, 0.15) is 5.75 Å². The van der Waals surface area contributed by atoms with E-state index in [1.807, 2.05) is 6.92 Å². The highest BCUT2D eigenvalue weighted by molar-refractivity contribution is 7.92. The number of aryl methyl sites for hydroxylation is 1. The third-order valence-electron chi connectivity index (χ3n) is 3.45. The van der Waals surface area contributed by atoms with Crippen molar-refractivity contribution in [2.75, 3.05) is 11.8 Å². The van der Waals surface area contributed by atoms with Crippen LogP contribution in [0.2, 0.25) is 0 Å². The Hall–Kier alpha value is -2.10. The summed E-state index contributed by atoms with van der Waals surface area (Å²) in [6, 6.07) is 10.0. The average molecular weight is 399 g/mol. The van der Waals surface area contributed by atoms with E-state index >= 15 is 0 Å². The lowest BCUT2D eigenvalue weighted by Gasteiger charge is -2.15. The van der Waals surface area contributed by atoms with Gasteiger partial charge >= 0.3 is 0 Å². The van der Waals surface area contributed by atoms with Crippen molar-refractivity contribution in [3.05, 3.63) is 48.0 Å². The molecule has 0 bridgehead atoms. The van der Waals surface area contributed by atoms with Crippen molar-refractivity contribution in [2.24, 2.45) is 0 Å². The molecule has 0 aliphatic carbocycles. The number of methoxy groups -OCH3 is 1. The van der Waals surface area contributed by atoms with Crippen molar-refractivity contribution in [3.63, 3.8) is 0 Å². The minimum atomic E-state index is -3.89. The van der Waals surface area contributed by atoms with Crippen LogP contribution in [0.3, 0.4) is 0 Å². The molecule has 2 N–H and O–H groups in total. The molecule has 0 aromatic heterocycles. The lowest BCUT2D eigenvalue weighted by molar-refractivity contribution is 0.416. The van der Waals surface area contributed by atoms with Crippen LogP contribution in [0.1, 0.15) is 19.4 Å². The molecule has 0 fully saturated rings. The number of hydrogen-bond donors (Lipinski definition) is 2. The van der Waals surface area contributed by atoms with Crippen LogP contribution in [0.4, 0.5) is 5.69 Å². The fourth-order valence-corrected chi connectivity index (χ4v) is 4.57. The van der Waals surface area contributed by atoms with Crippen LogP contribution in [0.15, 0.2) is 52.3 Å². The zero-order valence-electron chi connectivity index (χ0n) is 15.0. The fraction of sp³-hybridized carbons (Fsp3) is 0.294. The van der Waals surface area contributed by atoms with Gasteiger partial charge in [0.15, 0.2) is 0 Å². The summed E-state index contributed by atoms with van der Waals surface area (Å²) in [5.74, 6) is 0.212. The van der Waals surface area contributed by atoms with Crippen molar-refractivity contribution in [3.8, 4) is 5.75 Å². The predicted molar refractivity (Wildman–Crippen MR) is 100 cm³/mol. The molecule has 2 aromatic rings. The van der Waals surface area contributed by atoms with E-state index in [0.717, 1.165) is 5.56 Å². The van der Waals surface area contributed by atoms with E-state index in [4.69, 9.17) is 4.74 Å². The number of ether oxygens (including phenoxy) is 1. The maximum absolute atomic E-state index is 12.6. The van der Waals surface area contributed by atoms with Gasteiger partial charge in [0, 0.05) is 6.04 Å². The predicted octanol–water partition coefficient (Wildman–Crippen LogP) is 2.49. The summed E-state index contributed by atoms with van der Waals surface area (Å²) in [5.41, 5.74) is 0.967. The Kier molecular flexibility index (Phi) is 5.94. The molecule has 0 radical (unpaired) electrons. The van der Waals surface area contributed by atoms with Crippen LogP contribution in [0.5, 0.6) is 5.75 Å². The minimum Gasteiger partial charge on any atom is -0.495 e. The molecule has 0 heterocycles. The second kappa shape index (κ2) is 7.65. The van der Waals surface area contributed by atoms with Crippen LogP contribution < -0.4 is 14.2 Å². The molecule has 0 aliphatic heterocycles. The van der Waals surface area contributed by atoms with Crippen LogP contribution in [0, 0.1) is 6.92 Å². The topological polar surface area (TPSA) is 102 Å². The standard InChI is InChI=1S/C17H22N2O5S2/c1-12(2)18-26(22,23)15-9-10-17(24-4)16(11-15)19-25(20,21)14-7-5-13(3)6-8-14/h5-12,18-19H,1-4H3. The van der Waals surface area contributed by atoms with Gasteiger partial charge in [0.25, 0.3) is 10.0 Å². The van der Waals surface area contributed by atoms with Crippen molar-refractivity contribution in [1.82, 2.24) is 4.72 Å². The first-order valence-electron chi connectivity index (χ1n) is 7.85. The molecule has 2 aromatic carbocycles. The number of sulfonamides is 2. The molecule has 0 saturated carbocycles. The Morgan fingerprint density at radius 3 is 2.00 bits per heavy atom. The number of hydrogen-bond acceptors (Lipinski definition) is 5. The van der Waals surface area contributed by atoms with Crippen molar-refractivity contribution >= 4 is 25.7 Å². The maximum Gasteiger partial charge on any atom is 0.262 e. The fourth-order valence-electron chi connectivity index (χ4n) is 2.23. The summed E-state index contributed by atoms with van der Waals surface area (Å²) in [7, 11) is -6.29. The van der Waals surface area contributed by atoms with Crippen molar-refractivity contribution < 1.29 is 21.6 Å². The monoisotopic (exact) mass is 398 g/mol. The Morgan fingerprint density at radius 1 is 0.885 bits per heavy atom. The molecular formula is C17H22N2O5S2. The lowest BCUT2D eigenvalue weighted by atomic mass is 10.2. The van der Waals surface area contributed by atoms with E-state index in [1.54, 1.807) is 26.0 Å². The molecule has 7 nitrogen and oxygen atoms in total. The van der Waals surface area contributed by atoms with Crippen molar-refractivity contribution in [2.45, 2.75) is 36.6 Å². The molecule has 0 spiro atoms. The van der Waals surface area contributed by atoms with E-state index in [1.165, 1.54) is 37.4 Å². The number of benzene rings is 2. The summed E-state index contributed by atoms with van der Waals surface area (Å²) >= 11 is 0. The quantitative estimate of drug-likeness (QED) is 0.746. The lowest BCUT2D eigenvalue weighted by Crippen LogP contribution is -2.30. The number of rotatable bonds is 7. The molecule has 0 saturated heterocycles. The molecule has 0 amide bonds. The summed E-state index contributed by atoms with van der Waals surface area (Å²) in [4.78, 5) is 0.00678. The third-order valence-corrected chi connectivity index (χ3v) is 6.49.